The lowest BCUT2D eigenvalue weighted by molar-refractivity contribution is -0.137. The first-order valence-corrected chi connectivity index (χ1v) is 5.72. The normalized spacial score (nSPS) is 12.1. The molecule has 0 aromatic heterocycles. The van der Waals surface area contributed by atoms with Crippen molar-refractivity contribution in [1.82, 2.24) is 0 Å². The summed E-state index contributed by atoms with van der Waals surface area (Å²) in [6.45, 7) is 3.35. The van der Waals surface area contributed by atoms with E-state index in [-0.39, 0.29) is 0 Å². The lowest BCUT2D eigenvalue weighted by atomic mass is 10.1. The molecule has 0 amide bonds. The molecule has 1 unspecified atom stereocenters. The Morgan fingerprint density at radius 2 is 1.94 bits per heavy atom. The van der Waals surface area contributed by atoms with Crippen molar-refractivity contribution in [3.8, 4) is 0 Å². The molecule has 0 aliphatic heterocycles. The molecule has 0 fully saturated rings. The maximum Gasteiger partial charge on any atom is 0.328 e. The Hall–Kier alpha value is -1.74. The molecule has 0 saturated heterocycles. The van der Waals surface area contributed by atoms with Crippen LogP contribution in [0.15, 0.2) is 55.3 Å². The summed E-state index contributed by atoms with van der Waals surface area (Å²) in [7, 11) is 0. The molecule has 0 saturated carbocycles. The molecule has 2 nitrogen and oxygen atoms in total. The Labute approximate surface area is 105 Å². The number of carbonyl (C=O) groups is 1. The van der Waals surface area contributed by atoms with Gasteiger partial charge < -0.3 is 4.74 Å². The van der Waals surface area contributed by atoms with Gasteiger partial charge in [-0.1, -0.05) is 43.0 Å². The lowest BCUT2D eigenvalue weighted by Gasteiger charge is -2.09. The van der Waals surface area contributed by atoms with Crippen LogP contribution in [0.1, 0.15) is 10.8 Å². The number of hydrogen-bond donors (Lipinski definition) is 1. The zero-order chi connectivity index (χ0) is 12.3. The monoisotopic (exact) mass is 244 g/mol. The molecular weight excluding hydrogens is 232 g/mol. The first kappa shape index (κ1) is 11.7. The molecule has 0 N–H and O–H groups in total. The smallest absolute Gasteiger partial charge is 0.328 e. The van der Waals surface area contributed by atoms with E-state index < -0.39 is 11.2 Å². The van der Waals surface area contributed by atoms with E-state index in [4.69, 9.17) is 4.74 Å². The molecule has 0 bridgehead atoms. The van der Waals surface area contributed by atoms with E-state index in [0.717, 1.165) is 22.6 Å². The van der Waals surface area contributed by atoms with Gasteiger partial charge in [0.1, 0.15) is 5.25 Å². The molecule has 0 radical (unpaired) electrons. The van der Waals surface area contributed by atoms with Gasteiger partial charge in [-0.05, 0) is 22.4 Å². The topological polar surface area (TPSA) is 26.3 Å². The van der Waals surface area contributed by atoms with Crippen molar-refractivity contribution in [2.24, 2.45) is 0 Å². The Kier molecular flexibility index (Phi) is 3.49. The quantitative estimate of drug-likeness (QED) is 0.508. The van der Waals surface area contributed by atoms with Gasteiger partial charge in [0, 0.05) is 0 Å². The van der Waals surface area contributed by atoms with E-state index in [1.165, 1.54) is 0 Å². The second kappa shape index (κ2) is 5.06. The highest BCUT2D eigenvalue weighted by molar-refractivity contribution is 7.81. The van der Waals surface area contributed by atoms with Crippen molar-refractivity contribution in [3.63, 3.8) is 0 Å². The summed E-state index contributed by atoms with van der Waals surface area (Å²) in [5.41, 5.74) is 0.818. The third-order valence-electron chi connectivity index (χ3n) is 2.51. The summed E-state index contributed by atoms with van der Waals surface area (Å²) >= 11 is 4.25. The highest BCUT2D eigenvalue weighted by Gasteiger charge is 2.17. The summed E-state index contributed by atoms with van der Waals surface area (Å²) in [5.74, 6) is -0.418. The molecule has 0 spiro atoms. The van der Waals surface area contributed by atoms with Crippen molar-refractivity contribution >= 4 is 29.4 Å². The number of esters is 1. The molecule has 2 aromatic rings. The van der Waals surface area contributed by atoms with E-state index in [0.29, 0.717) is 0 Å². The van der Waals surface area contributed by atoms with Crippen LogP contribution in [0.4, 0.5) is 0 Å². The van der Waals surface area contributed by atoms with Crippen LogP contribution in [-0.2, 0) is 9.53 Å². The minimum atomic E-state index is -0.586. The largest absolute Gasteiger partial charge is 0.434 e. The van der Waals surface area contributed by atoms with Crippen LogP contribution < -0.4 is 0 Å². The number of benzene rings is 2. The molecule has 86 valence electrons. The Balaban J connectivity index is 2.35. The van der Waals surface area contributed by atoms with E-state index in [1.54, 1.807) is 0 Å². The fourth-order valence-electron chi connectivity index (χ4n) is 1.66. The van der Waals surface area contributed by atoms with E-state index in [1.807, 2.05) is 42.5 Å². The lowest BCUT2D eigenvalue weighted by Crippen LogP contribution is -2.07. The number of thiol groups is 1. The zero-order valence-corrected chi connectivity index (χ0v) is 10.1. The maximum absolute atomic E-state index is 11.5. The van der Waals surface area contributed by atoms with Gasteiger partial charge in [-0.25, -0.2) is 0 Å². The third-order valence-corrected chi connectivity index (χ3v) is 3.02. The van der Waals surface area contributed by atoms with Crippen molar-refractivity contribution < 1.29 is 9.53 Å². The molecular formula is C14H12O2S. The molecule has 0 aliphatic carbocycles. The first-order valence-electron chi connectivity index (χ1n) is 5.20. The predicted octanol–water partition coefficient (Wildman–Crippen LogP) is 3.50. The van der Waals surface area contributed by atoms with Crippen LogP contribution in [-0.4, -0.2) is 5.97 Å². The van der Waals surface area contributed by atoms with Gasteiger partial charge in [0.25, 0.3) is 0 Å². The van der Waals surface area contributed by atoms with Crippen LogP contribution in [0.25, 0.3) is 10.8 Å². The van der Waals surface area contributed by atoms with Crippen LogP contribution in [0, 0.1) is 0 Å². The van der Waals surface area contributed by atoms with Gasteiger partial charge in [-0.15, -0.1) is 0 Å². The first-order chi connectivity index (χ1) is 8.22. The zero-order valence-electron chi connectivity index (χ0n) is 9.17. The third kappa shape index (κ3) is 2.50. The second-order valence-corrected chi connectivity index (χ2v) is 4.13. The summed E-state index contributed by atoms with van der Waals surface area (Å²) in [4.78, 5) is 11.5. The molecule has 0 aliphatic rings. The minimum absolute atomic E-state index is 0.418. The van der Waals surface area contributed by atoms with E-state index in [9.17, 15) is 4.79 Å². The van der Waals surface area contributed by atoms with Gasteiger partial charge >= 0.3 is 5.97 Å². The van der Waals surface area contributed by atoms with Crippen LogP contribution in [0.5, 0.6) is 0 Å². The molecule has 3 heteroatoms. The average molecular weight is 244 g/mol. The predicted molar refractivity (Wildman–Crippen MR) is 72.0 cm³/mol. The number of carbonyl (C=O) groups excluding carboxylic acids is 1. The summed E-state index contributed by atoms with van der Waals surface area (Å²) in [6.07, 6.45) is 1.12. The fraction of sp³-hybridized carbons (Fsp3) is 0.0714. The molecule has 0 heterocycles. The van der Waals surface area contributed by atoms with E-state index >= 15 is 0 Å². The van der Waals surface area contributed by atoms with Crippen molar-refractivity contribution in [2.75, 3.05) is 0 Å². The molecule has 17 heavy (non-hydrogen) atoms. The number of fused-ring (bicyclic) bond motifs is 1. The molecule has 2 rings (SSSR count). The number of hydrogen-bond acceptors (Lipinski definition) is 3. The van der Waals surface area contributed by atoms with Gasteiger partial charge in [0.2, 0.25) is 0 Å². The second-order valence-electron chi connectivity index (χ2n) is 3.61. The van der Waals surface area contributed by atoms with E-state index in [2.05, 4.69) is 19.2 Å². The van der Waals surface area contributed by atoms with Crippen LogP contribution in [0.2, 0.25) is 0 Å². The van der Waals surface area contributed by atoms with Crippen LogP contribution >= 0.6 is 12.6 Å². The molecule has 1 atom stereocenters. The van der Waals surface area contributed by atoms with Gasteiger partial charge in [0.15, 0.2) is 0 Å². The van der Waals surface area contributed by atoms with Gasteiger partial charge in [-0.2, -0.15) is 12.6 Å². The van der Waals surface area contributed by atoms with Crippen molar-refractivity contribution in [3.05, 3.63) is 60.9 Å². The Morgan fingerprint density at radius 1 is 1.24 bits per heavy atom. The van der Waals surface area contributed by atoms with Crippen molar-refractivity contribution in [2.45, 2.75) is 5.25 Å². The SMILES string of the molecule is C=COC(=O)C(S)c1ccc2ccccc2c1. The minimum Gasteiger partial charge on any atom is -0.434 e. The highest BCUT2D eigenvalue weighted by atomic mass is 32.1. The Bertz CT molecular complexity index is 563. The summed E-state index contributed by atoms with van der Waals surface area (Å²) in [6, 6.07) is 13.7. The molecule has 2 aromatic carbocycles. The van der Waals surface area contributed by atoms with Crippen LogP contribution in [0.3, 0.4) is 0 Å². The van der Waals surface area contributed by atoms with Gasteiger partial charge in [0.05, 0.1) is 6.26 Å². The van der Waals surface area contributed by atoms with Crippen molar-refractivity contribution in [1.29, 1.82) is 0 Å². The average Bonchev–Trinajstić information content (AvgIpc) is 2.37. The highest BCUT2D eigenvalue weighted by Crippen LogP contribution is 2.25. The van der Waals surface area contributed by atoms with Gasteiger partial charge in [-0.3, -0.25) is 4.79 Å². The standard InChI is InChI=1S/C14H12O2S/c1-2-16-14(15)13(17)12-8-7-10-5-3-4-6-11(10)9-12/h2-9,13,17H,1H2. The summed E-state index contributed by atoms with van der Waals surface area (Å²) in [5, 5.41) is 1.63. The Morgan fingerprint density at radius 3 is 2.65 bits per heavy atom. The number of rotatable bonds is 3. The fourth-order valence-corrected chi connectivity index (χ4v) is 1.88. The number of ether oxygens (including phenoxy) is 1. The summed E-state index contributed by atoms with van der Waals surface area (Å²) < 4.78 is 4.72. The maximum atomic E-state index is 11.5.